The fourth-order valence-corrected chi connectivity index (χ4v) is 2.98. The van der Waals surface area contributed by atoms with Crippen molar-refractivity contribution in [1.82, 2.24) is 5.32 Å². The Hall–Kier alpha value is 0.250. The smallest absolute Gasteiger partial charge is 0.00700 e. The SMILES string of the molecule is CCC1CCC(NCC2(C)CCC2)C1.Cl. The molecule has 1 nitrogen and oxygen atoms in total. The third kappa shape index (κ3) is 3.35. The van der Waals surface area contributed by atoms with Gasteiger partial charge in [-0.05, 0) is 43.4 Å². The lowest BCUT2D eigenvalue weighted by Crippen LogP contribution is -2.41. The van der Waals surface area contributed by atoms with Gasteiger partial charge in [0.15, 0.2) is 0 Å². The van der Waals surface area contributed by atoms with Crippen molar-refractivity contribution in [2.45, 2.75) is 64.8 Å². The summed E-state index contributed by atoms with van der Waals surface area (Å²) in [5.74, 6) is 1.02. The molecular formula is C13H26ClN. The van der Waals surface area contributed by atoms with Gasteiger partial charge in [0.25, 0.3) is 0 Å². The van der Waals surface area contributed by atoms with E-state index in [4.69, 9.17) is 0 Å². The van der Waals surface area contributed by atoms with Crippen LogP contribution in [0.3, 0.4) is 0 Å². The van der Waals surface area contributed by atoms with E-state index >= 15 is 0 Å². The molecule has 2 rings (SSSR count). The predicted molar refractivity (Wildman–Crippen MR) is 68.6 cm³/mol. The molecule has 90 valence electrons. The van der Waals surface area contributed by atoms with Crippen LogP contribution in [-0.4, -0.2) is 12.6 Å². The fourth-order valence-electron chi connectivity index (χ4n) is 2.98. The summed E-state index contributed by atoms with van der Waals surface area (Å²) in [6.45, 7) is 6.05. The third-order valence-electron chi connectivity index (χ3n) is 4.50. The highest BCUT2D eigenvalue weighted by Crippen LogP contribution is 2.40. The molecule has 2 unspecified atom stereocenters. The van der Waals surface area contributed by atoms with Gasteiger partial charge in [0.1, 0.15) is 0 Å². The average Bonchev–Trinajstić information content (AvgIpc) is 2.59. The molecule has 0 aliphatic heterocycles. The van der Waals surface area contributed by atoms with Gasteiger partial charge in [0.05, 0.1) is 0 Å². The van der Waals surface area contributed by atoms with Crippen LogP contribution in [0.2, 0.25) is 0 Å². The van der Waals surface area contributed by atoms with Gasteiger partial charge >= 0.3 is 0 Å². The molecule has 0 saturated heterocycles. The van der Waals surface area contributed by atoms with Crippen LogP contribution in [0, 0.1) is 11.3 Å². The molecule has 2 saturated carbocycles. The van der Waals surface area contributed by atoms with Gasteiger partial charge in [-0.15, -0.1) is 12.4 Å². The number of rotatable bonds is 4. The maximum absolute atomic E-state index is 3.79. The Morgan fingerprint density at radius 3 is 2.47 bits per heavy atom. The van der Waals surface area contributed by atoms with Gasteiger partial charge in [-0.25, -0.2) is 0 Å². The summed E-state index contributed by atoms with van der Waals surface area (Å²) in [6.07, 6.45) is 10.1. The highest BCUT2D eigenvalue weighted by Gasteiger charge is 2.33. The second kappa shape index (κ2) is 5.54. The standard InChI is InChI=1S/C13H25N.ClH/c1-3-11-5-6-12(9-11)14-10-13(2)7-4-8-13;/h11-12,14H,3-10H2,1-2H3;1H. The normalized spacial score (nSPS) is 33.2. The zero-order chi connectivity index (χ0) is 10.0. The predicted octanol–water partition coefficient (Wildman–Crippen LogP) is 3.77. The maximum atomic E-state index is 3.79. The molecule has 1 N–H and O–H groups in total. The van der Waals surface area contributed by atoms with E-state index in [-0.39, 0.29) is 12.4 Å². The van der Waals surface area contributed by atoms with Crippen LogP contribution in [0.25, 0.3) is 0 Å². The van der Waals surface area contributed by atoms with Gasteiger partial charge in [0.2, 0.25) is 0 Å². The average molecular weight is 232 g/mol. The van der Waals surface area contributed by atoms with Gasteiger partial charge in [-0.2, -0.15) is 0 Å². The summed E-state index contributed by atoms with van der Waals surface area (Å²) in [7, 11) is 0. The van der Waals surface area contributed by atoms with Crippen LogP contribution in [-0.2, 0) is 0 Å². The molecule has 2 aliphatic rings. The van der Waals surface area contributed by atoms with Crippen LogP contribution in [0.5, 0.6) is 0 Å². The van der Waals surface area contributed by atoms with E-state index in [1.807, 2.05) is 0 Å². The zero-order valence-corrected chi connectivity index (χ0v) is 11.0. The lowest BCUT2D eigenvalue weighted by Gasteiger charge is -2.39. The summed E-state index contributed by atoms with van der Waals surface area (Å²) in [4.78, 5) is 0. The molecular weight excluding hydrogens is 206 g/mol. The highest BCUT2D eigenvalue weighted by atomic mass is 35.5. The minimum Gasteiger partial charge on any atom is -0.313 e. The van der Waals surface area contributed by atoms with E-state index in [1.165, 1.54) is 51.5 Å². The van der Waals surface area contributed by atoms with Gasteiger partial charge in [-0.3, -0.25) is 0 Å². The van der Waals surface area contributed by atoms with E-state index in [1.54, 1.807) is 0 Å². The molecule has 0 aromatic rings. The number of nitrogens with one attached hydrogen (secondary N) is 1. The molecule has 2 fully saturated rings. The Labute approximate surface area is 101 Å². The van der Waals surface area contributed by atoms with Crippen LogP contribution in [0.4, 0.5) is 0 Å². The maximum Gasteiger partial charge on any atom is 0.00700 e. The Morgan fingerprint density at radius 2 is 2.00 bits per heavy atom. The van der Waals surface area contributed by atoms with Crippen molar-refractivity contribution in [2.24, 2.45) is 11.3 Å². The quantitative estimate of drug-likeness (QED) is 0.777. The van der Waals surface area contributed by atoms with Crippen molar-refractivity contribution in [1.29, 1.82) is 0 Å². The van der Waals surface area contributed by atoms with E-state index in [9.17, 15) is 0 Å². The lowest BCUT2D eigenvalue weighted by atomic mass is 9.70. The third-order valence-corrected chi connectivity index (χ3v) is 4.50. The number of hydrogen-bond donors (Lipinski definition) is 1. The number of halogens is 1. The molecule has 2 heteroatoms. The fraction of sp³-hybridized carbons (Fsp3) is 1.00. The van der Waals surface area contributed by atoms with Gasteiger partial charge in [0, 0.05) is 12.6 Å². The Kier molecular flexibility index (Phi) is 4.92. The van der Waals surface area contributed by atoms with Gasteiger partial charge in [-0.1, -0.05) is 26.7 Å². The first-order chi connectivity index (χ1) is 6.72. The summed E-state index contributed by atoms with van der Waals surface area (Å²) >= 11 is 0. The van der Waals surface area contributed by atoms with Crippen LogP contribution in [0.1, 0.15) is 58.8 Å². The summed E-state index contributed by atoms with van der Waals surface area (Å²) < 4.78 is 0. The molecule has 0 radical (unpaired) electrons. The monoisotopic (exact) mass is 231 g/mol. The molecule has 0 bridgehead atoms. The largest absolute Gasteiger partial charge is 0.313 e. The first kappa shape index (κ1) is 13.3. The molecule has 0 aromatic carbocycles. The molecule has 0 heterocycles. The van der Waals surface area contributed by atoms with Crippen molar-refractivity contribution < 1.29 is 0 Å². The first-order valence-corrected chi connectivity index (χ1v) is 6.45. The zero-order valence-electron chi connectivity index (χ0n) is 10.2. The van der Waals surface area contributed by atoms with E-state index in [2.05, 4.69) is 19.2 Å². The summed E-state index contributed by atoms with van der Waals surface area (Å²) in [5.41, 5.74) is 0.657. The van der Waals surface area contributed by atoms with Crippen LogP contribution < -0.4 is 5.32 Å². The molecule has 15 heavy (non-hydrogen) atoms. The summed E-state index contributed by atoms with van der Waals surface area (Å²) in [6, 6.07) is 0.845. The van der Waals surface area contributed by atoms with Crippen molar-refractivity contribution in [3.05, 3.63) is 0 Å². The van der Waals surface area contributed by atoms with Gasteiger partial charge < -0.3 is 5.32 Å². The molecule has 0 aromatic heterocycles. The van der Waals surface area contributed by atoms with E-state index in [0.717, 1.165) is 12.0 Å². The van der Waals surface area contributed by atoms with Crippen molar-refractivity contribution in [3.63, 3.8) is 0 Å². The van der Waals surface area contributed by atoms with Crippen molar-refractivity contribution in [3.8, 4) is 0 Å². The highest BCUT2D eigenvalue weighted by molar-refractivity contribution is 5.85. The minimum absolute atomic E-state index is 0. The summed E-state index contributed by atoms with van der Waals surface area (Å²) in [5, 5.41) is 3.79. The van der Waals surface area contributed by atoms with Crippen LogP contribution in [0.15, 0.2) is 0 Å². The van der Waals surface area contributed by atoms with Crippen molar-refractivity contribution >= 4 is 12.4 Å². The van der Waals surface area contributed by atoms with E-state index < -0.39 is 0 Å². The Bertz CT molecular complexity index is 189. The van der Waals surface area contributed by atoms with Crippen molar-refractivity contribution in [2.75, 3.05) is 6.54 Å². The Morgan fingerprint density at radius 1 is 1.27 bits per heavy atom. The minimum atomic E-state index is 0. The molecule has 2 aliphatic carbocycles. The molecule has 2 atom stereocenters. The van der Waals surface area contributed by atoms with Crippen LogP contribution >= 0.6 is 12.4 Å². The molecule has 0 spiro atoms. The second-order valence-electron chi connectivity index (χ2n) is 5.83. The van der Waals surface area contributed by atoms with E-state index in [0.29, 0.717) is 5.41 Å². The lowest BCUT2D eigenvalue weighted by molar-refractivity contribution is 0.150. The molecule has 0 amide bonds. The number of hydrogen-bond acceptors (Lipinski definition) is 1. The topological polar surface area (TPSA) is 12.0 Å². The second-order valence-corrected chi connectivity index (χ2v) is 5.83. The Balaban J connectivity index is 0.00000112. The first-order valence-electron chi connectivity index (χ1n) is 6.45.